The Morgan fingerprint density at radius 2 is 1.17 bits per heavy atom. The van der Waals surface area contributed by atoms with Gasteiger partial charge in [0.2, 0.25) is 0 Å². The van der Waals surface area contributed by atoms with Crippen LogP contribution in [0.5, 0.6) is 0 Å². The zero-order valence-electron chi connectivity index (χ0n) is 12.5. The molecule has 0 aliphatic heterocycles. The summed E-state index contributed by atoms with van der Waals surface area (Å²) in [5.74, 6) is 0. The van der Waals surface area contributed by atoms with Crippen LogP contribution in [0, 0.1) is 0 Å². The zero-order valence-corrected chi connectivity index (χ0v) is 13.3. The molecule has 0 aromatic carbocycles. The van der Waals surface area contributed by atoms with Gasteiger partial charge in [0, 0.05) is 0 Å². The summed E-state index contributed by atoms with van der Waals surface area (Å²) in [6.45, 7) is 7.54. The summed E-state index contributed by atoms with van der Waals surface area (Å²) >= 11 is 0. The molecule has 0 fully saturated rings. The molecule has 0 aromatic heterocycles. The van der Waals surface area contributed by atoms with E-state index in [1.807, 2.05) is 0 Å². The van der Waals surface area contributed by atoms with E-state index in [0.717, 1.165) is 51.4 Å². The summed E-state index contributed by atoms with van der Waals surface area (Å²) in [5.41, 5.74) is 0. The third-order valence-corrected chi connectivity index (χ3v) is 4.87. The van der Waals surface area contributed by atoms with Crippen molar-refractivity contribution in [3.8, 4) is 0 Å². The predicted octanol–water partition coefficient (Wildman–Crippen LogP) is 5.39. The van der Waals surface area contributed by atoms with Crippen LogP contribution in [0.25, 0.3) is 0 Å². The van der Waals surface area contributed by atoms with Gasteiger partial charge in [-0.3, -0.25) is 4.57 Å². The fourth-order valence-corrected chi connectivity index (χ4v) is 3.48. The first-order valence-corrected chi connectivity index (χ1v) is 9.29. The molecule has 0 spiro atoms. The molecule has 0 atom stereocenters. The summed E-state index contributed by atoms with van der Waals surface area (Å²) in [5, 5.41) is 0. The summed E-state index contributed by atoms with van der Waals surface area (Å²) in [4.78, 5) is 0. The minimum absolute atomic E-state index is 0.571. The Hall–Kier alpha value is 0.150. The van der Waals surface area contributed by atoms with Gasteiger partial charge in [0.05, 0.1) is 19.4 Å². The molecule has 0 aliphatic rings. The molecule has 0 saturated carbocycles. The van der Waals surface area contributed by atoms with E-state index in [9.17, 15) is 4.57 Å². The fourth-order valence-electron chi connectivity index (χ4n) is 1.63. The summed E-state index contributed by atoms with van der Waals surface area (Å²) in [6, 6.07) is 0. The topological polar surface area (TPSA) is 35.5 Å². The van der Waals surface area contributed by atoms with Gasteiger partial charge in [0.15, 0.2) is 0 Å². The highest BCUT2D eigenvalue weighted by atomic mass is 31.2. The molecule has 0 heterocycles. The van der Waals surface area contributed by atoms with Gasteiger partial charge in [0.1, 0.15) is 0 Å². The van der Waals surface area contributed by atoms with Crippen LogP contribution in [0.4, 0.5) is 0 Å². The standard InChI is InChI=1S/C14H31O3P/c1-4-7-10-12-16-18(15,14-9-6-3)17-13-11-8-5-2/h4-14H2,1-3H3. The van der Waals surface area contributed by atoms with Crippen molar-refractivity contribution in [1.29, 1.82) is 0 Å². The maximum Gasteiger partial charge on any atom is 0.330 e. The average Bonchev–Trinajstić information content (AvgIpc) is 2.38. The van der Waals surface area contributed by atoms with E-state index >= 15 is 0 Å². The van der Waals surface area contributed by atoms with Crippen molar-refractivity contribution in [2.24, 2.45) is 0 Å². The molecule has 0 N–H and O–H groups in total. The SMILES string of the molecule is CCCCCOP(=O)(CCCC)OCCCCC. The minimum atomic E-state index is -2.82. The fraction of sp³-hybridized carbons (Fsp3) is 1.00. The molecule has 0 amide bonds. The number of hydrogen-bond donors (Lipinski definition) is 0. The van der Waals surface area contributed by atoms with Crippen LogP contribution in [-0.2, 0) is 13.6 Å². The largest absolute Gasteiger partial charge is 0.330 e. The second-order valence-electron chi connectivity index (χ2n) is 4.77. The van der Waals surface area contributed by atoms with Crippen molar-refractivity contribution in [1.82, 2.24) is 0 Å². The van der Waals surface area contributed by atoms with Crippen molar-refractivity contribution in [3.05, 3.63) is 0 Å². The van der Waals surface area contributed by atoms with Crippen molar-refractivity contribution in [2.75, 3.05) is 19.4 Å². The van der Waals surface area contributed by atoms with E-state index in [1.165, 1.54) is 0 Å². The number of unbranched alkanes of at least 4 members (excludes halogenated alkanes) is 5. The average molecular weight is 278 g/mol. The molecule has 0 aliphatic carbocycles. The molecule has 0 saturated heterocycles. The summed E-state index contributed by atoms with van der Waals surface area (Å²) < 4.78 is 23.5. The van der Waals surface area contributed by atoms with Gasteiger partial charge in [-0.2, -0.15) is 0 Å². The van der Waals surface area contributed by atoms with Gasteiger partial charge in [-0.25, -0.2) is 0 Å². The molecule has 110 valence electrons. The highest BCUT2D eigenvalue weighted by Crippen LogP contribution is 2.49. The first-order valence-electron chi connectivity index (χ1n) is 7.56. The Morgan fingerprint density at radius 1 is 0.722 bits per heavy atom. The summed E-state index contributed by atoms with van der Waals surface area (Å²) in [6.07, 6.45) is 9.03. The third-order valence-electron chi connectivity index (χ3n) is 2.86. The summed E-state index contributed by atoms with van der Waals surface area (Å²) in [7, 11) is -2.82. The maximum absolute atomic E-state index is 12.5. The number of rotatable bonds is 13. The molecule has 0 unspecified atom stereocenters. The quantitative estimate of drug-likeness (QED) is 0.334. The Balaban J connectivity index is 3.95. The van der Waals surface area contributed by atoms with Gasteiger partial charge in [-0.15, -0.1) is 0 Å². The lowest BCUT2D eigenvalue weighted by atomic mass is 10.3. The van der Waals surface area contributed by atoms with Crippen LogP contribution in [0.15, 0.2) is 0 Å². The second kappa shape index (κ2) is 12.2. The van der Waals surface area contributed by atoms with Gasteiger partial charge in [-0.1, -0.05) is 52.9 Å². The van der Waals surface area contributed by atoms with Gasteiger partial charge in [0.25, 0.3) is 0 Å². The van der Waals surface area contributed by atoms with E-state index < -0.39 is 7.60 Å². The van der Waals surface area contributed by atoms with Crippen molar-refractivity contribution in [3.63, 3.8) is 0 Å². The molecule has 4 heteroatoms. The van der Waals surface area contributed by atoms with Crippen LogP contribution in [0.2, 0.25) is 0 Å². The van der Waals surface area contributed by atoms with E-state index in [1.54, 1.807) is 0 Å². The van der Waals surface area contributed by atoms with Gasteiger partial charge < -0.3 is 9.05 Å². The van der Waals surface area contributed by atoms with E-state index in [-0.39, 0.29) is 0 Å². The third kappa shape index (κ3) is 10.1. The normalized spacial score (nSPS) is 11.9. The van der Waals surface area contributed by atoms with Crippen molar-refractivity contribution in [2.45, 2.75) is 72.1 Å². The van der Waals surface area contributed by atoms with Gasteiger partial charge >= 0.3 is 7.60 Å². The predicted molar refractivity (Wildman–Crippen MR) is 78.3 cm³/mol. The smallest absolute Gasteiger partial charge is 0.309 e. The molecule has 3 nitrogen and oxygen atoms in total. The van der Waals surface area contributed by atoms with Gasteiger partial charge in [-0.05, 0) is 19.3 Å². The Bertz CT molecular complexity index is 203. The lowest BCUT2D eigenvalue weighted by molar-refractivity contribution is 0.198. The number of hydrogen-bond acceptors (Lipinski definition) is 3. The first-order chi connectivity index (χ1) is 8.68. The highest BCUT2D eigenvalue weighted by Gasteiger charge is 2.23. The molecule has 0 bridgehead atoms. The monoisotopic (exact) mass is 278 g/mol. The molecule has 18 heavy (non-hydrogen) atoms. The Kier molecular flexibility index (Phi) is 12.3. The molecule has 0 radical (unpaired) electrons. The Morgan fingerprint density at radius 3 is 1.56 bits per heavy atom. The van der Waals surface area contributed by atoms with E-state index in [0.29, 0.717) is 19.4 Å². The minimum Gasteiger partial charge on any atom is -0.309 e. The van der Waals surface area contributed by atoms with E-state index in [2.05, 4.69) is 20.8 Å². The van der Waals surface area contributed by atoms with Crippen molar-refractivity contribution >= 4 is 7.60 Å². The van der Waals surface area contributed by atoms with Crippen LogP contribution in [0.3, 0.4) is 0 Å². The van der Waals surface area contributed by atoms with Crippen LogP contribution in [0.1, 0.15) is 72.1 Å². The zero-order chi connectivity index (χ0) is 13.7. The molecular formula is C14H31O3P. The van der Waals surface area contributed by atoms with Crippen LogP contribution >= 0.6 is 7.60 Å². The lowest BCUT2D eigenvalue weighted by Crippen LogP contribution is -2.03. The Labute approximate surface area is 113 Å². The molecule has 0 aromatic rings. The first kappa shape index (κ1) is 18.1. The second-order valence-corrected chi connectivity index (χ2v) is 6.95. The maximum atomic E-state index is 12.5. The van der Waals surface area contributed by atoms with Crippen molar-refractivity contribution < 1.29 is 13.6 Å². The lowest BCUT2D eigenvalue weighted by Gasteiger charge is -2.18. The van der Waals surface area contributed by atoms with Crippen LogP contribution < -0.4 is 0 Å². The highest BCUT2D eigenvalue weighted by molar-refractivity contribution is 7.53. The van der Waals surface area contributed by atoms with E-state index in [4.69, 9.17) is 9.05 Å². The molecule has 0 rings (SSSR count). The molecular weight excluding hydrogens is 247 g/mol. The van der Waals surface area contributed by atoms with Crippen LogP contribution in [-0.4, -0.2) is 19.4 Å².